The molecule has 0 spiro atoms. The minimum Gasteiger partial charge on any atom is -0.310 e. The van der Waals surface area contributed by atoms with Crippen LogP contribution in [0, 0.1) is 0 Å². The summed E-state index contributed by atoms with van der Waals surface area (Å²) in [6, 6.07) is 77.8. The molecule has 55 heavy (non-hydrogen) atoms. The summed E-state index contributed by atoms with van der Waals surface area (Å²) in [4.78, 5) is 2.36. The van der Waals surface area contributed by atoms with Gasteiger partial charge in [0.05, 0.1) is 0 Å². The third-order valence-electron chi connectivity index (χ3n) is 11.4. The largest absolute Gasteiger partial charge is 0.310 e. The first-order valence-corrected chi connectivity index (χ1v) is 19.0. The van der Waals surface area contributed by atoms with Gasteiger partial charge < -0.3 is 4.90 Å². The van der Waals surface area contributed by atoms with Gasteiger partial charge in [-0.05, 0) is 135 Å². The van der Waals surface area contributed by atoms with Crippen molar-refractivity contribution in [3.8, 4) is 22.3 Å². The fourth-order valence-electron chi connectivity index (χ4n) is 9.00. The summed E-state index contributed by atoms with van der Waals surface area (Å²) < 4.78 is 0. The number of para-hydroxylation sites is 2. The van der Waals surface area contributed by atoms with Gasteiger partial charge in [-0.25, -0.2) is 0 Å². The maximum absolute atomic E-state index is 2.51. The third-order valence-corrected chi connectivity index (χ3v) is 11.4. The highest BCUT2D eigenvalue weighted by atomic mass is 15.1. The normalized spacial score (nSPS) is 11.6. The SMILES string of the molecule is c1ccc(-c2c3ccccc3c(-c3ccccc3)c3cc4c(cc23)c2ccc(N(c3ccccc3)c3ccccc3)cc2c2ccc3ccccc3c24)cc1. The first-order valence-electron chi connectivity index (χ1n) is 19.0. The first-order chi connectivity index (χ1) is 27.3. The van der Waals surface area contributed by atoms with Crippen molar-refractivity contribution in [2.45, 2.75) is 0 Å². The summed E-state index contributed by atoms with van der Waals surface area (Å²) >= 11 is 0. The van der Waals surface area contributed by atoms with Gasteiger partial charge in [-0.1, -0.05) is 164 Å². The van der Waals surface area contributed by atoms with E-state index in [9.17, 15) is 0 Å². The number of nitrogens with zero attached hydrogens (tertiary/aromatic N) is 1. The van der Waals surface area contributed by atoms with E-state index in [1.54, 1.807) is 0 Å². The number of anilines is 3. The maximum Gasteiger partial charge on any atom is 0.0468 e. The van der Waals surface area contributed by atoms with E-state index in [4.69, 9.17) is 0 Å². The Morgan fingerprint density at radius 2 is 0.691 bits per heavy atom. The molecule has 0 radical (unpaired) electrons. The van der Waals surface area contributed by atoms with E-state index in [-0.39, 0.29) is 0 Å². The lowest BCUT2D eigenvalue weighted by Gasteiger charge is -2.26. The van der Waals surface area contributed by atoms with E-state index in [0.717, 1.165) is 17.1 Å². The van der Waals surface area contributed by atoms with Crippen molar-refractivity contribution in [2.24, 2.45) is 0 Å². The summed E-state index contributed by atoms with van der Waals surface area (Å²) in [5.74, 6) is 0. The monoisotopic (exact) mass is 697 g/mol. The molecule has 0 aliphatic rings. The van der Waals surface area contributed by atoms with Crippen LogP contribution in [0.15, 0.2) is 212 Å². The van der Waals surface area contributed by atoms with Crippen LogP contribution >= 0.6 is 0 Å². The average Bonchev–Trinajstić information content (AvgIpc) is 3.26. The molecule has 0 aliphatic heterocycles. The molecule has 11 aromatic rings. The molecule has 0 atom stereocenters. The Balaban J connectivity index is 1.33. The van der Waals surface area contributed by atoms with Crippen molar-refractivity contribution in [3.05, 3.63) is 212 Å². The Bertz CT molecular complexity index is 3190. The second-order valence-corrected chi connectivity index (χ2v) is 14.4. The van der Waals surface area contributed by atoms with Crippen LogP contribution in [0.5, 0.6) is 0 Å². The molecule has 0 amide bonds. The quantitative estimate of drug-likeness (QED) is 0.128. The number of fused-ring (bicyclic) bond motifs is 10. The Morgan fingerprint density at radius 3 is 1.27 bits per heavy atom. The summed E-state index contributed by atoms with van der Waals surface area (Å²) in [7, 11) is 0. The lowest BCUT2D eigenvalue weighted by molar-refractivity contribution is 1.29. The summed E-state index contributed by atoms with van der Waals surface area (Å²) in [6.45, 7) is 0. The highest BCUT2D eigenvalue weighted by Gasteiger charge is 2.21. The molecule has 11 aromatic carbocycles. The van der Waals surface area contributed by atoms with Crippen LogP contribution < -0.4 is 4.90 Å². The van der Waals surface area contributed by atoms with Crippen molar-refractivity contribution < 1.29 is 0 Å². The van der Waals surface area contributed by atoms with Crippen molar-refractivity contribution in [1.29, 1.82) is 0 Å². The van der Waals surface area contributed by atoms with E-state index in [2.05, 4.69) is 217 Å². The standard InChI is InChI=1S/C54H35N/c1-5-18-37(19-6-1)52-44-27-15-16-28-45(44)53(38-20-7-2-8-21-38)51-35-49-48(34-50(51)52)43-32-30-41(55(39-22-9-3-10-23-39)40-24-11-4-12-25-40)33-47(43)46-31-29-36-17-13-14-26-42(36)54(46)49/h1-35H. The van der Waals surface area contributed by atoms with Gasteiger partial charge in [0.25, 0.3) is 0 Å². The Hall–Kier alpha value is -7.22. The zero-order valence-electron chi connectivity index (χ0n) is 30.2. The predicted octanol–water partition coefficient (Wildman–Crippen LogP) is 15.4. The van der Waals surface area contributed by atoms with Crippen LogP contribution in [0.3, 0.4) is 0 Å². The minimum absolute atomic E-state index is 1.13. The van der Waals surface area contributed by atoms with Crippen LogP contribution in [-0.4, -0.2) is 0 Å². The molecule has 11 rings (SSSR count). The van der Waals surface area contributed by atoms with E-state index < -0.39 is 0 Å². The molecule has 0 fully saturated rings. The molecule has 0 saturated heterocycles. The molecule has 0 N–H and O–H groups in total. The Labute approximate surface area is 320 Å². The molecule has 0 heterocycles. The minimum atomic E-state index is 1.13. The van der Waals surface area contributed by atoms with Gasteiger partial charge in [0, 0.05) is 17.1 Å². The Morgan fingerprint density at radius 1 is 0.236 bits per heavy atom. The topological polar surface area (TPSA) is 3.24 Å². The van der Waals surface area contributed by atoms with E-state index in [1.165, 1.54) is 86.9 Å². The van der Waals surface area contributed by atoms with Crippen LogP contribution in [0.2, 0.25) is 0 Å². The van der Waals surface area contributed by atoms with E-state index >= 15 is 0 Å². The van der Waals surface area contributed by atoms with Gasteiger partial charge in [-0.15, -0.1) is 0 Å². The van der Waals surface area contributed by atoms with Crippen molar-refractivity contribution >= 4 is 81.7 Å². The predicted molar refractivity (Wildman–Crippen MR) is 237 cm³/mol. The molecule has 1 heteroatoms. The Kier molecular flexibility index (Phi) is 7.25. The smallest absolute Gasteiger partial charge is 0.0468 e. The maximum atomic E-state index is 2.51. The molecule has 0 unspecified atom stereocenters. The number of rotatable bonds is 5. The summed E-state index contributed by atoms with van der Waals surface area (Å²) in [5, 5.41) is 15.1. The molecular weight excluding hydrogens is 663 g/mol. The van der Waals surface area contributed by atoms with Gasteiger partial charge in [0.1, 0.15) is 0 Å². The third kappa shape index (κ3) is 5.01. The lowest BCUT2D eigenvalue weighted by atomic mass is 9.83. The lowest BCUT2D eigenvalue weighted by Crippen LogP contribution is -2.09. The van der Waals surface area contributed by atoms with Crippen molar-refractivity contribution in [2.75, 3.05) is 4.90 Å². The van der Waals surface area contributed by atoms with Crippen molar-refractivity contribution in [3.63, 3.8) is 0 Å². The molecule has 0 bridgehead atoms. The number of hydrogen-bond donors (Lipinski definition) is 0. The van der Waals surface area contributed by atoms with Gasteiger partial charge in [0.2, 0.25) is 0 Å². The second kappa shape index (κ2) is 12.7. The highest BCUT2D eigenvalue weighted by molar-refractivity contribution is 6.35. The zero-order valence-corrected chi connectivity index (χ0v) is 30.2. The molecular formula is C54H35N. The first kappa shape index (κ1) is 31.3. The van der Waals surface area contributed by atoms with Crippen LogP contribution in [0.1, 0.15) is 0 Å². The summed E-state index contributed by atoms with van der Waals surface area (Å²) in [6.07, 6.45) is 0. The van der Waals surface area contributed by atoms with Gasteiger partial charge in [-0.2, -0.15) is 0 Å². The fraction of sp³-hybridized carbons (Fsp3) is 0. The van der Waals surface area contributed by atoms with Gasteiger partial charge in [-0.3, -0.25) is 0 Å². The number of hydrogen-bond acceptors (Lipinski definition) is 1. The number of benzene rings is 11. The zero-order chi connectivity index (χ0) is 36.3. The molecule has 0 aromatic heterocycles. The fourth-order valence-corrected chi connectivity index (χ4v) is 9.00. The van der Waals surface area contributed by atoms with Crippen LogP contribution in [0.25, 0.3) is 86.9 Å². The molecule has 1 nitrogen and oxygen atoms in total. The average molecular weight is 698 g/mol. The van der Waals surface area contributed by atoms with Crippen LogP contribution in [-0.2, 0) is 0 Å². The van der Waals surface area contributed by atoms with Gasteiger partial charge in [0.15, 0.2) is 0 Å². The van der Waals surface area contributed by atoms with Gasteiger partial charge >= 0.3 is 0 Å². The van der Waals surface area contributed by atoms with Crippen molar-refractivity contribution in [1.82, 2.24) is 0 Å². The molecule has 0 aliphatic carbocycles. The second-order valence-electron chi connectivity index (χ2n) is 14.4. The van der Waals surface area contributed by atoms with E-state index in [1.807, 2.05) is 0 Å². The molecule has 256 valence electrons. The summed E-state index contributed by atoms with van der Waals surface area (Å²) in [5.41, 5.74) is 8.38. The van der Waals surface area contributed by atoms with Crippen LogP contribution in [0.4, 0.5) is 17.1 Å². The molecule has 0 saturated carbocycles. The van der Waals surface area contributed by atoms with E-state index in [0.29, 0.717) is 0 Å². The highest BCUT2D eigenvalue weighted by Crippen LogP contribution is 2.48.